The van der Waals surface area contributed by atoms with Crippen LogP contribution in [-0.2, 0) is 16.1 Å². The highest BCUT2D eigenvalue weighted by Crippen LogP contribution is 2.13. The molecule has 0 heterocycles. The van der Waals surface area contributed by atoms with Crippen molar-refractivity contribution in [2.75, 3.05) is 47.5 Å². The second-order valence-corrected chi connectivity index (χ2v) is 5.27. The lowest BCUT2D eigenvalue weighted by Gasteiger charge is -2.13. The number of guanidine groups is 1. The van der Waals surface area contributed by atoms with Gasteiger partial charge >= 0.3 is 0 Å². The number of amides is 1. The van der Waals surface area contributed by atoms with Crippen molar-refractivity contribution in [3.63, 3.8) is 0 Å². The Morgan fingerprint density at radius 3 is 2.68 bits per heavy atom. The van der Waals surface area contributed by atoms with E-state index in [1.807, 2.05) is 31.2 Å². The zero-order valence-electron chi connectivity index (χ0n) is 15.4. The van der Waals surface area contributed by atoms with Crippen molar-refractivity contribution in [2.24, 2.45) is 4.99 Å². The van der Waals surface area contributed by atoms with E-state index >= 15 is 0 Å². The molecule has 0 saturated carbocycles. The van der Waals surface area contributed by atoms with Crippen LogP contribution in [0.3, 0.4) is 0 Å². The summed E-state index contributed by atoms with van der Waals surface area (Å²) in [7, 11) is 5.13. The predicted molar refractivity (Wildman–Crippen MR) is 111 cm³/mol. The number of halogens is 1. The number of carbonyl (C=O) groups is 1. The number of likely N-dealkylation sites (N-methyl/N-ethyl adjacent to an activating group) is 1. The number of benzene rings is 1. The molecule has 0 saturated heterocycles. The second-order valence-electron chi connectivity index (χ2n) is 5.27. The summed E-state index contributed by atoms with van der Waals surface area (Å²) in [6.45, 7) is 4.65. The molecule has 1 aromatic carbocycles. The quantitative estimate of drug-likeness (QED) is 0.251. The molecular formula is C17H29IN4O3. The molecule has 2 N–H and O–H groups in total. The molecular weight excluding hydrogens is 435 g/mol. The van der Waals surface area contributed by atoms with E-state index in [2.05, 4.69) is 15.6 Å². The van der Waals surface area contributed by atoms with Crippen molar-refractivity contribution in [1.82, 2.24) is 15.5 Å². The maximum absolute atomic E-state index is 11.6. The molecule has 1 amide bonds. The van der Waals surface area contributed by atoms with Crippen LogP contribution in [0.4, 0.5) is 0 Å². The van der Waals surface area contributed by atoms with Gasteiger partial charge in [-0.15, -0.1) is 24.0 Å². The Labute approximate surface area is 167 Å². The second kappa shape index (κ2) is 13.7. The van der Waals surface area contributed by atoms with Crippen LogP contribution in [-0.4, -0.2) is 64.3 Å². The zero-order valence-corrected chi connectivity index (χ0v) is 17.7. The predicted octanol–water partition coefficient (Wildman–Crippen LogP) is 1.47. The maximum atomic E-state index is 11.6. The minimum Gasteiger partial charge on any atom is -0.484 e. The van der Waals surface area contributed by atoms with Gasteiger partial charge in [-0.3, -0.25) is 9.79 Å². The van der Waals surface area contributed by atoms with Crippen LogP contribution in [0.2, 0.25) is 0 Å². The topological polar surface area (TPSA) is 75.2 Å². The van der Waals surface area contributed by atoms with E-state index in [1.54, 1.807) is 21.1 Å². The number of nitrogens with one attached hydrogen (secondary N) is 2. The van der Waals surface area contributed by atoms with E-state index in [1.165, 1.54) is 4.90 Å². The Morgan fingerprint density at radius 1 is 1.28 bits per heavy atom. The van der Waals surface area contributed by atoms with Crippen LogP contribution in [0.5, 0.6) is 5.75 Å². The van der Waals surface area contributed by atoms with Crippen LogP contribution >= 0.6 is 24.0 Å². The number of carbonyl (C=O) groups excluding carboxylic acids is 1. The van der Waals surface area contributed by atoms with Crippen molar-refractivity contribution in [2.45, 2.75) is 13.5 Å². The first-order valence-corrected chi connectivity index (χ1v) is 8.01. The Kier molecular flexibility index (Phi) is 12.9. The molecule has 0 aromatic heterocycles. The summed E-state index contributed by atoms with van der Waals surface area (Å²) in [5.74, 6) is 1.31. The summed E-state index contributed by atoms with van der Waals surface area (Å²) in [5.41, 5.74) is 1.04. The van der Waals surface area contributed by atoms with E-state index in [0.717, 1.165) is 5.56 Å². The number of nitrogens with zero attached hydrogens (tertiary/aromatic N) is 2. The highest BCUT2D eigenvalue weighted by molar-refractivity contribution is 14.0. The monoisotopic (exact) mass is 464 g/mol. The number of ether oxygens (including phenoxy) is 2. The summed E-state index contributed by atoms with van der Waals surface area (Å²) >= 11 is 0. The number of hydrogen-bond acceptors (Lipinski definition) is 4. The van der Waals surface area contributed by atoms with Gasteiger partial charge in [0.2, 0.25) is 0 Å². The largest absolute Gasteiger partial charge is 0.484 e. The van der Waals surface area contributed by atoms with Gasteiger partial charge in [0.25, 0.3) is 5.91 Å². The molecule has 0 radical (unpaired) electrons. The molecule has 1 rings (SSSR count). The molecule has 7 nitrogen and oxygen atoms in total. The van der Waals surface area contributed by atoms with E-state index < -0.39 is 0 Å². The van der Waals surface area contributed by atoms with Crippen molar-refractivity contribution in [1.29, 1.82) is 0 Å². The van der Waals surface area contributed by atoms with Crippen LogP contribution in [0.25, 0.3) is 0 Å². The molecule has 0 spiro atoms. The van der Waals surface area contributed by atoms with Gasteiger partial charge in [0, 0.05) is 40.8 Å². The van der Waals surface area contributed by atoms with E-state index in [0.29, 0.717) is 38.0 Å². The molecule has 0 fully saturated rings. The summed E-state index contributed by atoms with van der Waals surface area (Å²) in [6, 6.07) is 7.63. The Balaban J connectivity index is 0.00000576. The third-order valence-electron chi connectivity index (χ3n) is 3.19. The first-order valence-electron chi connectivity index (χ1n) is 8.01. The smallest absolute Gasteiger partial charge is 0.259 e. The maximum Gasteiger partial charge on any atom is 0.259 e. The molecule has 0 atom stereocenters. The molecule has 0 unspecified atom stereocenters. The Hall–Kier alpha value is -1.55. The number of aliphatic imine (C=N–C) groups is 1. The van der Waals surface area contributed by atoms with Gasteiger partial charge in [-0.05, 0) is 24.6 Å². The first kappa shape index (κ1) is 23.4. The van der Waals surface area contributed by atoms with Gasteiger partial charge in [-0.25, -0.2) is 0 Å². The van der Waals surface area contributed by atoms with Crippen LogP contribution in [0.1, 0.15) is 12.5 Å². The SMILES string of the molecule is CCOCCNC(=NC)NCc1cccc(OCC(=O)N(C)C)c1.I. The van der Waals surface area contributed by atoms with E-state index in [-0.39, 0.29) is 36.5 Å². The minimum atomic E-state index is -0.0718. The van der Waals surface area contributed by atoms with Crippen molar-refractivity contribution in [3.05, 3.63) is 29.8 Å². The Bertz CT molecular complexity index is 538. The lowest BCUT2D eigenvalue weighted by Crippen LogP contribution is -2.38. The molecule has 0 aliphatic heterocycles. The van der Waals surface area contributed by atoms with Gasteiger partial charge in [-0.1, -0.05) is 12.1 Å². The minimum absolute atomic E-state index is 0. The van der Waals surface area contributed by atoms with Gasteiger partial charge < -0.3 is 25.0 Å². The summed E-state index contributed by atoms with van der Waals surface area (Å²) in [6.07, 6.45) is 0. The fourth-order valence-electron chi connectivity index (χ4n) is 1.81. The van der Waals surface area contributed by atoms with Gasteiger partial charge in [0.15, 0.2) is 12.6 Å². The fraction of sp³-hybridized carbons (Fsp3) is 0.529. The third-order valence-corrected chi connectivity index (χ3v) is 3.19. The van der Waals surface area contributed by atoms with Crippen LogP contribution < -0.4 is 15.4 Å². The molecule has 0 bridgehead atoms. The lowest BCUT2D eigenvalue weighted by molar-refractivity contribution is -0.130. The Morgan fingerprint density at radius 2 is 2.04 bits per heavy atom. The first-order chi connectivity index (χ1) is 11.6. The molecule has 25 heavy (non-hydrogen) atoms. The van der Waals surface area contributed by atoms with Crippen molar-refractivity contribution >= 4 is 35.8 Å². The van der Waals surface area contributed by atoms with E-state index in [9.17, 15) is 4.79 Å². The summed E-state index contributed by atoms with van der Waals surface area (Å²) in [4.78, 5) is 17.2. The molecule has 0 aliphatic rings. The zero-order chi connectivity index (χ0) is 17.8. The van der Waals surface area contributed by atoms with Crippen molar-refractivity contribution < 1.29 is 14.3 Å². The van der Waals surface area contributed by atoms with E-state index in [4.69, 9.17) is 9.47 Å². The molecule has 142 valence electrons. The average Bonchev–Trinajstić information content (AvgIpc) is 2.59. The standard InChI is InChI=1S/C17H28N4O3.HI/c1-5-23-10-9-19-17(18-2)20-12-14-7-6-8-15(11-14)24-13-16(22)21(3)4;/h6-8,11H,5,9-10,12-13H2,1-4H3,(H2,18,19,20);1H. The normalized spacial score (nSPS) is 10.6. The number of hydrogen-bond donors (Lipinski definition) is 2. The molecule has 8 heteroatoms. The fourth-order valence-corrected chi connectivity index (χ4v) is 1.81. The third kappa shape index (κ3) is 10.1. The summed E-state index contributed by atoms with van der Waals surface area (Å²) in [5, 5.41) is 6.40. The van der Waals surface area contributed by atoms with Gasteiger partial charge in [0.1, 0.15) is 5.75 Å². The molecule has 1 aromatic rings. The highest BCUT2D eigenvalue weighted by atomic mass is 127. The average molecular weight is 464 g/mol. The highest BCUT2D eigenvalue weighted by Gasteiger charge is 2.05. The van der Waals surface area contributed by atoms with Crippen molar-refractivity contribution in [3.8, 4) is 5.75 Å². The van der Waals surface area contributed by atoms with Crippen LogP contribution in [0.15, 0.2) is 29.3 Å². The number of rotatable bonds is 9. The van der Waals surface area contributed by atoms with Gasteiger partial charge in [0.05, 0.1) is 6.61 Å². The molecule has 0 aliphatic carbocycles. The van der Waals surface area contributed by atoms with Crippen LogP contribution in [0, 0.1) is 0 Å². The summed E-state index contributed by atoms with van der Waals surface area (Å²) < 4.78 is 10.8. The van der Waals surface area contributed by atoms with Gasteiger partial charge in [-0.2, -0.15) is 0 Å². The lowest BCUT2D eigenvalue weighted by atomic mass is 10.2.